The van der Waals surface area contributed by atoms with E-state index in [2.05, 4.69) is 110 Å². The van der Waals surface area contributed by atoms with E-state index in [4.69, 9.17) is 18.6 Å². The number of benzene rings is 5. The number of esters is 4. The molecule has 8 atom stereocenters. The smallest absolute Gasteiger partial charge is 0.396 e. The van der Waals surface area contributed by atoms with Gasteiger partial charge in [0.15, 0.2) is 36.5 Å². The van der Waals surface area contributed by atoms with Crippen molar-refractivity contribution in [1.29, 1.82) is 0 Å². The second-order valence-corrected chi connectivity index (χ2v) is 31.7. The average Bonchev–Trinajstić information content (AvgIpc) is 1.53. The summed E-state index contributed by atoms with van der Waals surface area (Å²) < 4.78 is 83.8. The van der Waals surface area contributed by atoms with E-state index in [-0.39, 0.29) is 50.5 Å². The molecular formula is C73H94F2O14S3. The number of halogens is 2. The number of carbonyl (C=O) groups is 4. The number of phenols is 1. The van der Waals surface area contributed by atoms with Crippen LogP contribution in [0.5, 0.6) is 17.2 Å². The fourth-order valence-corrected chi connectivity index (χ4v) is 15.3. The van der Waals surface area contributed by atoms with Gasteiger partial charge in [-0.3, -0.25) is 19.2 Å². The standard InChI is InChI=1S/C20H32O2.C18H15S.C13H14O4S.C13H18O3.C9H16F2O5S/c1-5-19(3,4)18(21)22-20(6-2)11-14-10-15(20)17-13-8-7-12(9-13)16(14)17;1-4-10-16(11-5-1)19(17-12-6-2-7-13-17)18-14-8-3-9-15-18;1-4-13(2,3)11(14)16-8-5-6-10-9(7-8)17-12(15)18-10;1-5-13(3,4)12(15)16-11-7-9(2)6-10(14)8-11;1-5-8(3,4)7(12)16-6(2)9(10,11)17(13,14)15/h12-17H,5-11H2,1-4H3;1-15H;5-7H,4H2,1-3H3;6-8,14H,5H2,1-4H3;6H,5H2,1-4H3,(H,13,14,15)/q;+1;;;/p-1. The summed E-state index contributed by atoms with van der Waals surface area (Å²) in [5.41, 5.74) is -1.19. The molecule has 14 nitrogen and oxygen atoms in total. The lowest BCUT2D eigenvalue weighted by molar-refractivity contribution is -0.183. The molecule has 92 heavy (non-hydrogen) atoms. The Morgan fingerprint density at radius 1 is 0.641 bits per heavy atom. The molecule has 1 N–H and O–H groups in total. The zero-order valence-electron chi connectivity index (χ0n) is 56.0. The molecule has 4 fully saturated rings. The zero-order chi connectivity index (χ0) is 68.4. The first-order valence-corrected chi connectivity index (χ1v) is 35.4. The molecule has 4 bridgehead atoms. The number of aryl methyl sites for hydroxylation is 1. The number of phenolic OH excluding ortho intramolecular Hbond substituents is 1. The average molecular weight is 1330 g/mol. The van der Waals surface area contributed by atoms with Crippen LogP contribution in [0.2, 0.25) is 0 Å². The predicted octanol–water partition coefficient (Wildman–Crippen LogP) is 17.3. The van der Waals surface area contributed by atoms with Gasteiger partial charge in [0, 0.05) is 18.1 Å². The molecule has 0 radical (unpaired) electrons. The van der Waals surface area contributed by atoms with Gasteiger partial charge in [-0.25, -0.2) is 13.2 Å². The highest BCUT2D eigenvalue weighted by molar-refractivity contribution is 7.97. The molecule has 1 aromatic heterocycles. The Hall–Kier alpha value is -6.41. The molecule has 10 rings (SSSR count). The monoisotopic (exact) mass is 1330 g/mol. The Morgan fingerprint density at radius 3 is 1.55 bits per heavy atom. The van der Waals surface area contributed by atoms with Crippen molar-refractivity contribution in [3.8, 4) is 17.2 Å². The van der Waals surface area contributed by atoms with E-state index in [9.17, 15) is 50.8 Å². The van der Waals surface area contributed by atoms with Crippen LogP contribution in [0, 0.1) is 64.1 Å². The van der Waals surface area contributed by atoms with Gasteiger partial charge in [-0.2, -0.15) is 8.78 Å². The first kappa shape index (κ1) is 74.6. The number of alkyl halides is 2. The van der Waals surface area contributed by atoms with Crippen LogP contribution in [-0.4, -0.2) is 58.9 Å². The maximum atomic E-state index is 13.0. The topological polar surface area (TPSA) is 213 Å². The van der Waals surface area contributed by atoms with E-state index in [0.29, 0.717) is 49.2 Å². The molecule has 0 aliphatic heterocycles. The van der Waals surface area contributed by atoms with Crippen LogP contribution in [0.15, 0.2) is 151 Å². The number of carbonyl (C=O) groups excluding carboxylic acids is 4. The van der Waals surface area contributed by atoms with Crippen molar-refractivity contribution < 1.29 is 69.4 Å². The Kier molecular flexibility index (Phi) is 25.0. The van der Waals surface area contributed by atoms with E-state index in [1.165, 1.54) is 60.3 Å². The van der Waals surface area contributed by atoms with E-state index in [0.717, 1.165) is 70.5 Å². The second kappa shape index (κ2) is 30.8. The minimum Gasteiger partial charge on any atom is -0.743 e. The summed E-state index contributed by atoms with van der Waals surface area (Å²) in [6, 6.07) is 41.9. The number of rotatable bonds is 18. The van der Waals surface area contributed by atoms with E-state index in [1.54, 1.807) is 37.3 Å². The number of hydrogen-bond acceptors (Lipinski definition) is 15. The van der Waals surface area contributed by atoms with E-state index >= 15 is 0 Å². The van der Waals surface area contributed by atoms with Gasteiger partial charge < -0.3 is 33.0 Å². The molecule has 0 spiro atoms. The minimum atomic E-state index is -5.86. The fraction of sp³-hybridized carbons (Fsp3) is 0.521. The van der Waals surface area contributed by atoms with Gasteiger partial charge in [0.2, 0.25) is 0 Å². The zero-order valence-corrected chi connectivity index (χ0v) is 58.4. The lowest BCUT2D eigenvalue weighted by Gasteiger charge is -2.46. The van der Waals surface area contributed by atoms with Gasteiger partial charge in [0.05, 0.1) is 37.3 Å². The number of aromatic hydroxyl groups is 1. The van der Waals surface area contributed by atoms with Crippen LogP contribution in [0.1, 0.15) is 167 Å². The third-order valence-corrected chi connectivity index (χ3v) is 23.4. The van der Waals surface area contributed by atoms with Crippen LogP contribution >= 0.6 is 11.3 Å². The van der Waals surface area contributed by atoms with Gasteiger partial charge in [0.1, 0.15) is 22.8 Å². The molecular weight excluding hydrogens is 1230 g/mol. The molecule has 0 saturated heterocycles. The largest absolute Gasteiger partial charge is 0.743 e. The summed E-state index contributed by atoms with van der Waals surface area (Å²) >= 11 is 1.03. The van der Waals surface area contributed by atoms with Crippen molar-refractivity contribution >= 4 is 66.5 Å². The van der Waals surface area contributed by atoms with Gasteiger partial charge in [-0.15, -0.1) is 0 Å². The van der Waals surface area contributed by atoms with E-state index in [1.807, 2.05) is 62.3 Å². The summed E-state index contributed by atoms with van der Waals surface area (Å²) in [4.78, 5) is 62.6. The highest BCUT2D eigenvalue weighted by atomic mass is 32.2. The molecule has 4 aliphatic rings. The third kappa shape index (κ3) is 18.1. The molecule has 4 aliphatic carbocycles. The molecule has 6 aromatic rings. The van der Waals surface area contributed by atoms with Crippen molar-refractivity contribution in [3.63, 3.8) is 0 Å². The summed E-state index contributed by atoms with van der Waals surface area (Å²) in [6.45, 7) is 26.7. The van der Waals surface area contributed by atoms with Crippen molar-refractivity contribution in [1.82, 2.24) is 0 Å². The first-order chi connectivity index (χ1) is 43.0. The van der Waals surface area contributed by atoms with Crippen LogP contribution < -0.4 is 14.4 Å². The van der Waals surface area contributed by atoms with Gasteiger partial charge in [0.25, 0.3) is 0 Å². The Labute approximate surface area is 549 Å². The van der Waals surface area contributed by atoms with Crippen molar-refractivity contribution in [2.75, 3.05) is 0 Å². The van der Waals surface area contributed by atoms with Crippen molar-refractivity contribution in [3.05, 3.63) is 143 Å². The van der Waals surface area contributed by atoms with Gasteiger partial charge in [-0.1, -0.05) is 101 Å². The lowest BCUT2D eigenvalue weighted by Crippen LogP contribution is -2.49. The second-order valence-electron chi connectivity index (χ2n) is 27.2. The first-order valence-electron chi connectivity index (χ1n) is 32.0. The van der Waals surface area contributed by atoms with Crippen LogP contribution in [0.4, 0.5) is 8.78 Å². The summed E-state index contributed by atoms with van der Waals surface area (Å²) in [5.74, 6) is 4.76. The molecule has 8 unspecified atom stereocenters. The molecule has 5 aromatic carbocycles. The van der Waals surface area contributed by atoms with Crippen LogP contribution in [0.3, 0.4) is 0 Å². The van der Waals surface area contributed by atoms with Gasteiger partial charge in [-0.05, 0) is 229 Å². The SMILES string of the molecule is CCC(C)(C)C(=O)OC(C)C(F)(F)S(=O)(=O)[O-].CCC(C)(C)C(=O)OC1(CC)CC2CC1C1C3CCC(C3)C21.CCC(C)(C)C(=O)Oc1cc(C)cc(O)c1.CCC(C)(C)C(=O)Oc1ccc2sc(=O)oc2c1.c1ccc([S+](c2ccccc2)c2ccccc2)cc1. The quantitative estimate of drug-likeness (QED) is 0.0279. The highest BCUT2D eigenvalue weighted by Gasteiger charge is 2.68. The summed E-state index contributed by atoms with van der Waals surface area (Å²) in [6.07, 6.45) is 8.20. The Balaban J connectivity index is 0.000000184. The van der Waals surface area contributed by atoms with E-state index < -0.39 is 43.7 Å². The van der Waals surface area contributed by atoms with Crippen molar-refractivity contribution in [2.45, 2.75) is 200 Å². The predicted molar refractivity (Wildman–Crippen MR) is 356 cm³/mol. The maximum Gasteiger partial charge on any atom is 0.396 e. The maximum absolute atomic E-state index is 13.0. The molecule has 502 valence electrons. The summed E-state index contributed by atoms with van der Waals surface area (Å²) in [5, 5.41) is 4.74. The molecule has 0 amide bonds. The summed E-state index contributed by atoms with van der Waals surface area (Å²) in [7, 11) is -5.87. The number of ether oxygens (including phenoxy) is 4. The number of hydrogen-bond donors (Lipinski definition) is 1. The normalized spacial score (nSPS) is 20.9. The Morgan fingerprint density at radius 2 is 1.10 bits per heavy atom. The van der Waals surface area contributed by atoms with Crippen molar-refractivity contribution in [2.24, 2.45) is 57.2 Å². The fourth-order valence-electron chi connectivity index (χ4n) is 12.1. The minimum absolute atomic E-state index is 0.0146. The highest BCUT2D eigenvalue weighted by Crippen LogP contribution is 2.71. The number of fused-ring (bicyclic) bond motifs is 10. The molecule has 4 saturated carbocycles. The van der Waals surface area contributed by atoms with Crippen LogP contribution in [-0.2, 0) is 49.7 Å². The van der Waals surface area contributed by atoms with Crippen LogP contribution in [0.25, 0.3) is 10.3 Å². The lowest BCUT2D eigenvalue weighted by atomic mass is 9.65. The third-order valence-electron chi connectivity index (χ3n) is 19.3. The Bertz CT molecular complexity index is 3510. The molecule has 19 heteroatoms. The van der Waals surface area contributed by atoms with Gasteiger partial charge >= 0.3 is 34.1 Å². The molecule has 1 heterocycles.